The molecule has 0 aliphatic carbocycles. The lowest BCUT2D eigenvalue weighted by Gasteiger charge is -2.33. The summed E-state index contributed by atoms with van der Waals surface area (Å²) in [5, 5.41) is 33.9. The minimum absolute atomic E-state index is 0.0979. The van der Waals surface area contributed by atoms with Crippen molar-refractivity contribution in [2.24, 2.45) is 5.16 Å². The van der Waals surface area contributed by atoms with Gasteiger partial charge in [0.25, 0.3) is 0 Å². The van der Waals surface area contributed by atoms with E-state index in [1.165, 1.54) is 22.1 Å². The van der Waals surface area contributed by atoms with E-state index in [1.54, 1.807) is 24.6 Å². The van der Waals surface area contributed by atoms with Crippen molar-refractivity contribution in [3.05, 3.63) is 45.2 Å². The molecule has 4 rings (SSSR count). The summed E-state index contributed by atoms with van der Waals surface area (Å²) < 4.78 is 1.52. The van der Waals surface area contributed by atoms with E-state index in [1.807, 2.05) is 4.90 Å². The third-order valence-corrected chi connectivity index (χ3v) is 5.51. The number of nitrogens with zero attached hydrogens (tertiary/aromatic N) is 5. The molecule has 12 heteroatoms. The Morgan fingerprint density at radius 1 is 1.42 bits per heavy atom. The van der Waals surface area contributed by atoms with Gasteiger partial charge in [0.2, 0.25) is 5.43 Å². The van der Waals surface area contributed by atoms with Gasteiger partial charge in [-0.05, 0) is 18.6 Å². The summed E-state index contributed by atoms with van der Waals surface area (Å²) in [4.78, 5) is 40.2. The van der Waals surface area contributed by atoms with Crippen LogP contribution in [0.25, 0.3) is 16.2 Å². The molecule has 0 bridgehead atoms. The minimum atomic E-state index is -1.31. The van der Waals surface area contributed by atoms with Crippen LogP contribution in [0.4, 0.5) is 5.82 Å². The number of fused-ring (bicyclic) bond motifs is 1. The van der Waals surface area contributed by atoms with Gasteiger partial charge in [-0.1, -0.05) is 5.16 Å². The number of hydrogen-bond donors (Lipinski definition) is 3. The molecule has 0 unspecified atom stereocenters. The fourth-order valence-corrected chi connectivity index (χ4v) is 3.77. The van der Waals surface area contributed by atoms with Gasteiger partial charge in [0.1, 0.15) is 24.1 Å². The Kier molecular flexibility index (Phi) is 5.67. The Hall–Kier alpha value is -3.35. The van der Waals surface area contributed by atoms with E-state index < -0.39 is 24.1 Å². The summed E-state index contributed by atoms with van der Waals surface area (Å²) in [7, 11) is 0. The highest BCUT2D eigenvalue weighted by Crippen LogP contribution is 2.26. The van der Waals surface area contributed by atoms with Gasteiger partial charge in [0.15, 0.2) is 10.8 Å². The van der Waals surface area contributed by atoms with Crippen LogP contribution in [0.2, 0.25) is 0 Å². The number of pyridine rings is 2. The van der Waals surface area contributed by atoms with Crippen molar-refractivity contribution < 1.29 is 25.0 Å². The number of thiazole rings is 1. The van der Waals surface area contributed by atoms with Gasteiger partial charge in [-0.25, -0.2) is 14.8 Å². The number of carboxylic acids is 1. The van der Waals surface area contributed by atoms with Crippen molar-refractivity contribution >= 4 is 39.9 Å². The summed E-state index contributed by atoms with van der Waals surface area (Å²) in [6.45, 7) is 2.13. The van der Waals surface area contributed by atoms with Crippen LogP contribution in [0.1, 0.15) is 15.9 Å². The second-order valence-corrected chi connectivity index (χ2v) is 7.88. The summed E-state index contributed by atoms with van der Waals surface area (Å²) >= 11 is 1.30. The number of anilines is 1. The van der Waals surface area contributed by atoms with E-state index in [0.717, 1.165) is 5.71 Å². The number of aromatic carboxylic acids is 1. The molecule has 0 radical (unpaired) electrons. The lowest BCUT2D eigenvalue weighted by atomic mass is 10.1. The molecule has 1 aliphatic heterocycles. The fourth-order valence-electron chi connectivity index (χ4n) is 3.15. The zero-order chi connectivity index (χ0) is 22.1. The summed E-state index contributed by atoms with van der Waals surface area (Å²) in [5.74, 6) is -0.706. The van der Waals surface area contributed by atoms with Gasteiger partial charge in [0, 0.05) is 17.8 Å². The standard InChI is InChI=1S/C19H19N5O6S/c1-10-4-14(23-5-11(6-23)22-30-9-12(26)8-25)21-17-15(10)16(27)13(18(28)29)7-24(17)19-20-2-3-31-19/h2-4,7,12,25-26H,5-6,8-9H2,1H3,(H,28,29)/t12-/m1/s1. The third-order valence-electron chi connectivity index (χ3n) is 4.74. The van der Waals surface area contributed by atoms with Crippen LogP contribution in [0.3, 0.4) is 0 Å². The van der Waals surface area contributed by atoms with Crippen LogP contribution in [-0.2, 0) is 4.84 Å². The number of aliphatic hydroxyl groups is 2. The predicted molar refractivity (Wildman–Crippen MR) is 113 cm³/mol. The molecular formula is C19H19N5O6S. The Bertz CT molecular complexity index is 1210. The fraction of sp³-hybridized carbons (Fsp3) is 0.316. The first-order valence-electron chi connectivity index (χ1n) is 9.30. The van der Waals surface area contributed by atoms with Crippen molar-refractivity contribution in [2.45, 2.75) is 13.0 Å². The maximum atomic E-state index is 12.8. The Balaban J connectivity index is 1.70. The number of carboxylic acid groups (broad SMARTS) is 1. The minimum Gasteiger partial charge on any atom is -0.477 e. The largest absolute Gasteiger partial charge is 0.477 e. The topological polar surface area (TPSA) is 150 Å². The predicted octanol–water partition coefficient (Wildman–Crippen LogP) is 0.395. The van der Waals surface area contributed by atoms with Crippen LogP contribution in [-0.4, -0.2) is 73.9 Å². The molecule has 4 heterocycles. The normalized spacial score (nSPS) is 14.4. The van der Waals surface area contributed by atoms with Crippen LogP contribution < -0.4 is 10.3 Å². The summed E-state index contributed by atoms with van der Waals surface area (Å²) in [6, 6.07) is 1.73. The number of carbonyl (C=O) groups is 1. The van der Waals surface area contributed by atoms with E-state index >= 15 is 0 Å². The van der Waals surface area contributed by atoms with Crippen molar-refractivity contribution in [3.8, 4) is 5.13 Å². The highest BCUT2D eigenvalue weighted by Gasteiger charge is 2.26. The van der Waals surface area contributed by atoms with Crippen LogP contribution in [0.15, 0.2) is 33.8 Å². The second kappa shape index (κ2) is 8.41. The van der Waals surface area contributed by atoms with Crippen molar-refractivity contribution in [1.29, 1.82) is 0 Å². The molecule has 0 saturated carbocycles. The van der Waals surface area contributed by atoms with Gasteiger partial charge in [-0.3, -0.25) is 9.36 Å². The molecule has 1 saturated heterocycles. The molecule has 1 atom stereocenters. The SMILES string of the molecule is Cc1cc(N2CC(=NOC[C@H](O)CO)C2)nc2c1c(=O)c(C(=O)O)cn2-c1nccs1. The first-order chi connectivity index (χ1) is 14.9. The average molecular weight is 445 g/mol. The Morgan fingerprint density at radius 3 is 2.84 bits per heavy atom. The molecule has 31 heavy (non-hydrogen) atoms. The molecule has 1 aliphatic rings. The third kappa shape index (κ3) is 4.00. The van der Waals surface area contributed by atoms with Gasteiger partial charge in [0.05, 0.1) is 30.8 Å². The first kappa shape index (κ1) is 20.9. The lowest BCUT2D eigenvalue weighted by Crippen LogP contribution is -2.48. The molecule has 0 aromatic carbocycles. The number of aliphatic hydroxyl groups excluding tert-OH is 2. The number of oxime groups is 1. The highest BCUT2D eigenvalue weighted by atomic mass is 32.1. The molecular weight excluding hydrogens is 426 g/mol. The summed E-state index contributed by atoms with van der Waals surface area (Å²) in [5.41, 5.74) is 0.733. The quantitative estimate of drug-likeness (QED) is 0.439. The Labute approximate surface area is 179 Å². The second-order valence-electron chi connectivity index (χ2n) is 7.00. The van der Waals surface area contributed by atoms with E-state index in [-0.39, 0.29) is 17.6 Å². The van der Waals surface area contributed by atoms with Gasteiger partial charge >= 0.3 is 5.97 Å². The van der Waals surface area contributed by atoms with Crippen LogP contribution in [0, 0.1) is 6.92 Å². The monoisotopic (exact) mass is 445 g/mol. The first-order valence-corrected chi connectivity index (χ1v) is 10.2. The maximum Gasteiger partial charge on any atom is 0.341 e. The van der Waals surface area contributed by atoms with Crippen molar-refractivity contribution in [3.63, 3.8) is 0 Å². The Morgan fingerprint density at radius 2 is 2.19 bits per heavy atom. The molecule has 3 N–H and O–H groups in total. The summed E-state index contributed by atoms with van der Waals surface area (Å²) in [6.07, 6.45) is 1.86. The van der Waals surface area contributed by atoms with E-state index in [9.17, 15) is 19.8 Å². The molecule has 11 nitrogen and oxygen atoms in total. The number of aryl methyl sites for hydroxylation is 1. The zero-order valence-electron chi connectivity index (χ0n) is 16.4. The molecule has 0 amide bonds. The van der Waals surface area contributed by atoms with Crippen molar-refractivity contribution in [1.82, 2.24) is 14.5 Å². The van der Waals surface area contributed by atoms with Gasteiger partial charge in [-0.15, -0.1) is 11.3 Å². The number of hydrogen-bond acceptors (Lipinski definition) is 10. The van der Waals surface area contributed by atoms with E-state index in [0.29, 0.717) is 35.2 Å². The smallest absolute Gasteiger partial charge is 0.341 e. The lowest BCUT2D eigenvalue weighted by molar-refractivity contribution is 0.00789. The van der Waals surface area contributed by atoms with E-state index in [4.69, 9.17) is 9.94 Å². The van der Waals surface area contributed by atoms with Crippen LogP contribution in [0.5, 0.6) is 0 Å². The maximum absolute atomic E-state index is 12.8. The molecule has 3 aromatic rings. The zero-order valence-corrected chi connectivity index (χ0v) is 17.2. The van der Waals surface area contributed by atoms with Crippen LogP contribution >= 0.6 is 11.3 Å². The van der Waals surface area contributed by atoms with Gasteiger partial charge < -0.3 is 25.1 Å². The molecule has 3 aromatic heterocycles. The van der Waals surface area contributed by atoms with Crippen molar-refractivity contribution in [2.75, 3.05) is 31.2 Å². The van der Waals surface area contributed by atoms with E-state index in [2.05, 4.69) is 15.1 Å². The average Bonchev–Trinajstić information content (AvgIpc) is 3.23. The molecule has 0 spiro atoms. The molecule has 162 valence electrons. The highest BCUT2D eigenvalue weighted by molar-refractivity contribution is 7.12. The molecule has 1 fully saturated rings. The number of rotatable bonds is 7. The van der Waals surface area contributed by atoms with Gasteiger partial charge in [-0.2, -0.15) is 0 Å². The number of aromatic nitrogens is 3.